The Hall–Kier alpha value is 0.940. The molecule has 0 saturated heterocycles. The van der Waals surface area contributed by atoms with Gasteiger partial charge in [0, 0.05) is 59.1 Å². The van der Waals surface area contributed by atoms with Gasteiger partial charge in [-0.1, -0.05) is 32.6 Å². The molecule has 0 aliphatic rings. The van der Waals surface area contributed by atoms with Crippen LogP contribution >= 0.6 is 0 Å². The van der Waals surface area contributed by atoms with Crippen LogP contribution in [-0.2, 0) is 9.59 Å². The van der Waals surface area contributed by atoms with E-state index in [0.717, 1.165) is 19.3 Å². The Morgan fingerprint density at radius 2 is 1.47 bits per heavy atom. The average Bonchev–Trinajstić information content (AvgIpc) is 2.02. The van der Waals surface area contributed by atoms with Crippen LogP contribution in [-0.4, -0.2) is 81.3 Å². The number of hydrogen-bond acceptors (Lipinski definition) is 2. The Labute approximate surface area is 134 Å². The van der Waals surface area contributed by atoms with Gasteiger partial charge >= 0.3 is 11.9 Å². The number of aliphatic carboxylic acids is 2. The molecule has 0 aromatic carbocycles. The summed E-state index contributed by atoms with van der Waals surface area (Å²) < 4.78 is 0. The minimum absolute atomic E-state index is 0. The molecule has 0 aromatic rings. The number of carbonyl (C=O) groups is 2. The van der Waals surface area contributed by atoms with Gasteiger partial charge in [-0.2, -0.15) is 0 Å². The van der Waals surface area contributed by atoms with E-state index in [1.54, 1.807) is 0 Å². The molecule has 2 radical (unpaired) electrons. The van der Waals surface area contributed by atoms with Gasteiger partial charge in [-0.15, -0.1) is 0 Å². The van der Waals surface area contributed by atoms with Crippen LogP contribution in [0.1, 0.15) is 39.0 Å². The maximum Gasteiger partial charge on any atom is 0.317 e. The van der Waals surface area contributed by atoms with Crippen molar-refractivity contribution < 1.29 is 19.8 Å². The minimum atomic E-state index is -1.23. The molecule has 2 N–H and O–H groups in total. The van der Waals surface area contributed by atoms with Crippen LogP contribution in [0.25, 0.3) is 0 Å². The summed E-state index contributed by atoms with van der Waals surface area (Å²) in [6, 6.07) is 0. The van der Waals surface area contributed by atoms with Crippen molar-refractivity contribution in [3.8, 4) is 0 Å². The molecule has 0 unspecified atom stereocenters. The molecule has 0 atom stereocenters. The first-order chi connectivity index (χ1) is 6.09. The fourth-order valence-corrected chi connectivity index (χ4v) is 1.13. The summed E-state index contributed by atoms with van der Waals surface area (Å²) in [5.41, 5.74) is 0. The minimum Gasteiger partial charge on any atom is -0.481 e. The summed E-state index contributed by atoms with van der Waals surface area (Å²) in [4.78, 5) is 20.8. The van der Waals surface area contributed by atoms with Crippen LogP contribution in [0, 0.1) is 5.92 Å². The van der Waals surface area contributed by atoms with Gasteiger partial charge in [-0.05, 0) is 6.42 Å². The number of rotatable bonds is 7. The van der Waals surface area contributed by atoms with Crippen molar-refractivity contribution in [2.45, 2.75) is 39.0 Å². The second kappa shape index (κ2) is 13.0. The predicted octanol–water partition coefficient (Wildman–Crippen LogP) is 0.981. The van der Waals surface area contributed by atoms with Gasteiger partial charge in [0.2, 0.25) is 0 Å². The third-order valence-electron chi connectivity index (χ3n) is 1.94. The molecule has 0 fully saturated rings. The van der Waals surface area contributed by atoms with Gasteiger partial charge in [-0.3, -0.25) is 9.59 Å². The quantitative estimate of drug-likeness (QED) is 0.391. The molecule has 0 amide bonds. The summed E-state index contributed by atoms with van der Waals surface area (Å²) in [6.07, 6.45) is 3.92. The molecular formula is C9H16Na2O4. The SMILES string of the molecule is CCCCCCC(C(=O)O)C(=O)O.[Na].[Na]. The van der Waals surface area contributed by atoms with E-state index in [0.29, 0.717) is 6.42 Å². The zero-order chi connectivity index (χ0) is 10.3. The van der Waals surface area contributed by atoms with E-state index in [4.69, 9.17) is 10.2 Å². The van der Waals surface area contributed by atoms with E-state index < -0.39 is 17.9 Å². The van der Waals surface area contributed by atoms with Crippen molar-refractivity contribution in [2.75, 3.05) is 0 Å². The van der Waals surface area contributed by atoms with Crippen molar-refractivity contribution in [3.05, 3.63) is 0 Å². The summed E-state index contributed by atoms with van der Waals surface area (Å²) in [5.74, 6) is -3.69. The van der Waals surface area contributed by atoms with Crippen LogP contribution in [0.15, 0.2) is 0 Å². The first-order valence-electron chi connectivity index (χ1n) is 4.55. The first kappa shape index (κ1) is 21.2. The van der Waals surface area contributed by atoms with E-state index >= 15 is 0 Å². The molecule has 0 bridgehead atoms. The topological polar surface area (TPSA) is 74.6 Å². The van der Waals surface area contributed by atoms with Crippen LogP contribution < -0.4 is 0 Å². The van der Waals surface area contributed by atoms with E-state index in [9.17, 15) is 9.59 Å². The monoisotopic (exact) mass is 234 g/mol. The van der Waals surface area contributed by atoms with Crippen molar-refractivity contribution in [1.82, 2.24) is 0 Å². The molecule has 6 heteroatoms. The molecule has 78 valence electrons. The molecule has 0 aliphatic carbocycles. The van der Waals surface area contributed by atoms with Gasteiger partial charge in [0.05, 0.1) is 0 Å². The normalized spacial score (nSPS) is 8.93. The number of carboxylic acids is 2. The fraction of sp³-hybridized carbons (Fsp3) is 0.778. The largest absolute Gasteiger partial charge is 0.481 e. The summed E-state index contributed by atoms with van der Waals surface area (Å²) in [6.45, 7) is 2.05. The summed E-state index contributed by atoms with van der Waals surface area (Å²) >= 11 is 0. The Balaban J connectivity index is -0.000000720. The van der Waals surface area contributed by atoms with Crippen LogP contribution in [0.4, 0.5) is 0 Å². The van der Waals surface area contributed by atoms with Gasteiger partial charge in [0.1, 0.15) is 0 Å². The first-order valence-corrected chi connectivity index (χ1v) is 4.55. The van der Waals surface area contributed by atoms with Crippen molar-refractivity contribution in [3.63, 3.8) is 0 Å². The average molecular weight is 234 g/mol. The van der Waals surface area contributed by atoms with Crippen LogP contribution in [0.5, 0.6) is 0 Å². The molecule has 0 spiro atoms. The Kier molecular flexibility index (Phi) is 18.4. The third kappa shape index (κ3) is 11.2. The summed E-state index contributed by atoms with van der Waals surface area (Å²) in [5, 5.41) is 17.0. The van der Waals surface area contributed by atoms with Crippen LogP contribution in [0.2, 0.25) is 0 Å². The maximum absolute atomic E-state index is 10.4. The van der Waals surface area contributed by atoms with Gasteiger partial charge in [-0.25, -0.2) is 0 Å². The van der Waals surface area contributed by atoms with E-state index in [1.807, 2.05) is 6.92 Å². The second-order valence-electron chi connectivity index (χ2n) is 3.08. The third-order valence-corrected chi connectivity index (χ3v) is 1.94. The number of hydrogen-bond donors (Lipinski definition) is 2. The second-order valence-corrected chi connectivity index (χ2v) is 3.08. The van der Waals surface area contributed by atoms with Gasteiger partial charge < -0.3 is 10.2 Å². The smallest absolute Gasteiger partial charge is 0.317 e. The molecule has 4 nitrogen and oxygen atoms in total. The number of unbranched alkanes of at least 4 members (excludes halogenated alkanes) is 3. The molecule has 15 heavy (non-hydrogen) atoms. The Bertz CT molecular complexity index is 171. The Morgan fingerprint density at radius 3 is 1.80 bits per heavy atom. The zero-order valence-electron chi connectivity index (χ0n) is 9.82. The molecule has 0 aromatic heterocycles. The molecule has 0 heterocycles. The van der Waals surface area contributed by atoms with E-state index in [2.05, 4.69) is 0 Å². The standard InChI is InChI=1S/C9H16O4.2Na/c1-2-3-4-5-6-7(8(10)11)9(12)13;;/h7H,2-6H2,1H3,(H,10,11)(H,12,13);;. The Morgan fingerprint density at radius 1 is 1.00 bits per heavy atom. The van der Waals surface area contributed by atoms with Gasteiger partial charge in [0.25, 0.3) is 0 Å². The molecule has 0 saturated carbocycles. The van der Waals surface area contributed by atoms with Crippen molar-refractivity contribution >= 4 is 71.1 Å². The van der Waals surface area contributed by atoms with Crippen molar-refractivity contribution in [2.24, 2.45) is 5.92 Å². The predicted molar refractivity (Wildman–Crippen MR) is 59.0 cm³/mol. The van der Waals surface area contributed by atoms with E-state index in [-0.39, 0.29) is 65.5 Å². The summed E-state index contributed by atoms with van der Waals surface area (Å²) in [7, 11) is 0. The van der Waals surface area contributed by atoms with Crippen molar-refractivity contribution in [1.29, 1.82) is 0 Å². The van der Waals surface area contributed by atoms with Crippen LogP contribution in [0.3, 0.4) is 0 Å². The number of carboxylic acid groups (broad SMARTS) is 2. The molecule has 0 rings (SSSR count). The van der Waals surface area contributed by atoms with Gasteiger partial charge in [0.15, 0.2) is 5.92 Å². The fourth-order valence-electron chi connectivity index (χ4n) is 1.13. The molecular weight excluding hydrogens is 218 g/mol. The zero-order valence-corrected chi connectivity index (χ0v) is 13.8. The van der Waals surface area contributed by atoms with E-state index in [1.165, 1.54) is 0 Å². The molecule has 0 aliphatic heterocycles. The maximum atomic E-state index is 10.4.